The Labute approximate surface area is 147 Å². The van der Waals surface area contributed by atoms with Crippen LogP contribution >= 0.6 is 11.8 Å². The monoisotopic (exact) mass is 339 g/mol. The van der Waals surface area contributed by atoms with Crippen LogP contribution < -0.4 is 5.32 Å². The Morgan fingerprint density at radius 1 is 1.29 bits per heavy atom. The number of aryl methyl sites for hydroxylation is 3. The number of carbonyl (C=O) groups excluding carboxylic acids is 1. The first-order chi connectivity index (χ1) is 11.4. The largest absolute Gasteiger partial charge is 0.351 e. The highest BCUT2D eigenvalue weighted by molar-refractivity contribution is 8.00. The number of nitriles is 1. The van der Waals surface area contributed by atoms with Crippen molar-refractivity contribution >= 4 is 17.7 Å². The van der Waals surface area contributed by atoms with Crippen molar-refractivity contribution < 1.29 is 4.79 Å². The van der Waals surface area contributed by atoms with Gasteiger partial charge in [0.2, 0.25) is 5.91 Å². The van der Waals surface area contributed by atoms with E-state index in [2.05, 4.69) is 16.4 Å². The molecule has 0 spiro atoms. The van der Waals surface area contributed by atoms with Crippen molar-refractivity contribution in [3.63, 3.8) is 0 Å². The van der Waals surface area contributed by atoms with Crippen molar-refractivity contribution in [2.24, 2.45) is 0 Å². The number of nitrogens with zero attached hydrogens (tertiary/aromatic N) is 2. The van der Waals surface area contributed by atoms with Gasteiger partial charge in [-0.2, -0.15) is 5.26 Å². The first kappa shape index (κ1) is 18.0. The fourth-order valence-corrected chi connectivity index (χ4v) is 3.33. The van der Waals surface area contributed by atoms with Crippen LogP contribution in [0.2, 0.25) is 0 Å². The van der Waals surface area contributed by atoms with Crippen molar-refractivity contribution in [3.05, 3.63) is 58.3 Å². The topological polar surface area (TPSA) is 65.8 Å². The van der Waals surface area contributed by atoms with E-state index >= 15 is 0 Å². The maximum absolute atomic E-state index is 12.3. The van der Waals surface area contributed by atoms with Gasteiger partial charge < -0.3 is 5.32 Å². The number of aromatic nitrogens is 1. The predicted molar refractivity (Wildman–Crippen MR) is 96.8 cm³/mol. The summed E-state index contributed by atoms with van der Waals surface area (Å²) in [5.41, 5.74) is 4.54. The number of nitrogens with one attached hydrogen (secondary N) is 1. The molecular formula is C19H21N3OS. The third-order valence-electron chi connectivity index (χ3n) is 3.67. The highest BCUT2D eigenvalue weighted by Gasteiger charge is 2.18. The van der Waals surface area contributed by atoms with Crippen LogP contribution in [0, 0.1) is 32.1 Å². The van der Waals surface area contributed by atoms with Gasteiger partial charge in [-0.05, 0) is 44.9 Å². The van der Waals surface area contributed by atoms with Gasteiger partial charge in [0, 0.05) is 12.2 Å². The molecule has 4 nitrogen and oxygen atoms in total. The fourth-order valence-electron chi connectivity index (χ4n) is 2.28. The SMILES string of the molecule is Cc1ccc(CNC(=O)C(C)Sc2nc(C)cc(C)c2C#N)cc1. The number of thioether (sulfide) groups is 1. The lowest BCUT2D eigenvalue weighted by Gasteiger charge is -2.13. The van der Waals surface area contributed by atoms with Crippen molar-refractivity contribution in [2.45, 2.75) is 44.5 Å². The quantitative estimate of drug-likeness (QED) is 0.844. The number of rotatable bonds is 5. The number of pyridine rings is 1. The normalized spacial score (nSPS) is 11.6. The van der Waals surface area contributed by atoms with E-state index in [4.69, 9.17) is 0 Å². The Kier molecular flexibility index (Phi) is 5.99. The van der Waals surface area contributed by atoms with Crippen LogP contribution in [0.25, 0.3) is 0 Å². The van der Waals surface area contributed by atoms with Gasteiger partial charge in [-0.15, -0.1) is 0 Å². The number of amides is 1. The molecule has 0 saturated heterocycles. The summed E-state index contributed by atoms with van der Waals surface area (Å²) in [6.07, 6.45) is 0. The summed E-state index contributed by atoms with van der Waals surface area (Å²) in [7, 11) is 0. The third kappa shape index (κ3) is 4.59. The maximum atomic E-state index is 12.3. The van der Waals surface area contributed by atoms with Gasteiger partial charge in [0.1, 0.15) is 11.1 Å². The molecule has 0 aliphatic rings. The third-order valence-corrected chi connectivity index (χ3v) is 4.75. The van der Waals surface area contributed by atoms with E-state index in [0.717, 1.165) is 16.8 Å². The van der Waals surface area contributed by atoms with Crippen LogP contribution in [0.15, 0.2) is 35.4 Å². The zero-order chi connectivity index (χ0) is 17.7. The van der Waals surface area contributed by atoms with Gasteiger partial charge in [-0.1, -0.05) is 41.6 Å². The Morgan fingerprint density at radius 2 is 1.96 bits per heavy atom. The van der Waals surface area contributed by atoms with Gasteiger partial charge in [0.25, 0.3) is 0 Å². The molecule has 1 atom stereocenters. The first-order valence-corrected chi connectivity index (χ1v) is 8.67. The number of benzene rings is 1. The Balaban J connectivity index is 2.02. The Morgan fingerprint density at radius 3 is 2.58 bits per heavy atom. The molecule has 1 aromatic heterocycles. The minimum absolute atomic E-state index is 0.0644. The lowest BCUT2D eigenvalue weighted by Crippen LogP contribution is -2.30. The molecule has 2 rings (SSSR count). The van der Waals surface area contributed by atoms with Gasteiger partial charge in [0.15, 0.2) is 0 Å². The first-order valence-electron chi connectivity index (χ1n) is 7.79. The standard InChI is InChI=1S/C19H21N3OS/c1-12-5-7-16(8-6-12)11-21-18(23)15(4)24-19-17(10-20)13(2)9-14(3)22-19/h5-9,15H,11H2,1-4H3,(H,21,23). The van der Waals surface area contributed by atoms with Crippen LogP contribution in [0.4, 0.5) is 0 Å². The zero-order valence-electron chi connectivity index (χ0n) is 14.4. The summed E-state index contributed by atoms with van der Waals surface area (Å²) < 4.78 is 0. The molecule has 0 radical (unpaired) electrons. The van der Waals surface area contributed by atoms with Gasteiger partial charge in [-0.3, -0.25) is 4.79 Å². The zero-order valence-corrected chi connectivity index (χ0v) is 15.2. The summed E-state index contributed by atoms with van der Waals surface area (Å²) in [4.78, 5) is 16.7. The molecule has 0 saturated carbocycles. The lowest BCUT2D eigenvalue weighted by molar-refractivity contribution is -0.120. The molecule has 1 N–H and O–H groups in total. The van der Waals surface area contributed by atoms with Crippen molar-refractivity contribution in [3.8, 4) is 6.07 Å². The van der Waals surface area contributed by atoms with Crippen molar-refractivity contribution in [1.82, 2.24) is 10.3 Å². The second-order valence-electron chi connectivity index (χ2n) is 5.84. The summed E-state index contributed by atoms with van der Waals surface area (Å²) in [5, 5.41) is 12.5. The summed E-state index contributed by atoms with van der Waals surface area (Å²) >= 11 is 1.32. The van der Waals surface area contributed by atoms with E-state index in [1.165, 1.54) is 17.3 Å². The fraction of sp³-hybridized carbons (Fsp3) is 0.316. The molecule has 0 aliphatic carbocycles. The van der Waals surface area contributed by atoms with Gasteiger partial charge in [0.05, 0.1) is 10.8 Å². The molecule has 2 aromatic rings. The molecule has 1 amide bonds. The Hall–Kier alpha value is -2.32. The highest BCUT2D eigenvalue weighted by Crippen LogP contribution is 2.27. The second kappa shape index (κ2) is 7.98. The van der Waals surface area contributed by atoms with E-state index < -0.39 is 0 Å². The molecule has 1 unspecified atom stereocenters. The average molecular weight is 339 g/mol. The van der Waals surface area contributed by atoms with Gasteiger partial charge in [-0.25, -0.2) is 4.98 Å². The summed E-state index contributed by atoms with van der Waals surface area (Å²) in [5.74, 6) is -0.0644. The van der Waals surface area contributed by atoms with Crippen molar-refractivity contribution in [2.75, 3.05) is 0 Å². The van der Waals surface area contributed by atoms with E-state index in [1.807, 2.05) is 58.0 Å². The molecule has 1 aromatic carbocycles. The van der Waals surface area contributed by atoms with Crippen molar-refractivity contribution in [1.29, 1.82) is 5.26 Å². The molecular weight excluding hydrogens is 318 g/mol. The van der Waals surface area contributed by atoms with E-state index in [-0.39, 0.29) is 11.2 Å². The smallest absolute Gasteiger partial charge is 0.233 e. The van der Waals surface area contributed by atoms with Crippen LogP contribution in [0.1, 0.15) is 34.9 Å². The second-order valence-corrected chi connectivity index (χ2v) is 7.17. The highest BCUT2D eigenvalue weighted by atomic mass is 32.2. The van der Waals surface area contributed by atoms with Crippen LogP contribution in [-0.2, 0) is 11.3 Å². The van der Waals surface area contributed by atoms with Crippen LogP contribution in [0.5, 0.6) is 0 Å². The molecule has 5 heteroatoms. The Bertz CT molecular complexity index is 778. The minimum Gasteiger partial charge on any atom is -0.351 e. The lowest BCUT2D eigenvalue weighted by atomic mass is 10.1. The maximum Gasteiger partial charge on any atom is 0.233 e. The molecule has 0 aliphatic heterocycles. The van der Waals surface area contributed by atoms with Crippen LogP contribution in [-0.4, -0.2) is 16.1 Å². The van der Waals surface area contributed by atoms with E-state index in [1.54, 1.807) is 0 Å². The van der Waals surface area contributed by atoms with Crippen LogP contribution in [0.3, 0.4) is 0 Å². The number of hydrogen-bond acceptors (Lipinski definition) is 4. The van der Waals surface area contributed by atoms with E-state index in [9.17, 15) is 10.1 Å². The molecule has 0 fully saturated rings. The molecule has 0 bridgehead atoms. The van der Waals surface area contributed by atoms with Gasteiger partial charge >= 0.3 is 0 Å². The molecule has 124 valence electrons. The average Bonchev–Trinajstić information content (AvgIpc) is 2.53. The summed E-state index contributed by atoms with van der Waals surface area (Å²) in [6.45, 7) is 8.13. The molecule has 24 heavy (non-hydrogen) atoms. The predicted octanol–water partition coefficient (Wildman–Crippen LogP) is 3.68. The number of carbonyl (C=O) groups is 1. The summed E-state index contributed by atoms with van der Waals surface area (Å²) in [6, 6.07) is 12.1. The van der Waals surface area contributed by atoms with E-state index in [0.29, 0.717) is 17.1 Å². The molecule has 1 heterocycles. The minimum atomic E-state index is -0.323. The number of hydrogen-bond donors (Lipinski definition) is 1.